The highest BCUT2D eigenvalue weighted by atomic mass is 15.2. The molecule has 7 aromatic carbocycles. The van der Waals surface area contributed by atoms with Gasteiger partial charge in [-0.1, -0.05) is 175 Å². The number of benzene rings is 7. The molecule has 7 aromatic rings. The molecule has 0 unspecified atom stereocenters. The van der Waals surface area contributed by atoms with E-state index in [1.165, 1.54) is 161 Å². The molecule has 0 spiro atoms. The Morgan fingerprint density at radius 3 is 1.65 bits per heavy atom. The Balaban J connectivity index is 1.17. The second-order valence-corrected chi connectivity index (χ2v) is 27.5. The average Bonchev–Trinajstić information content (AvgIpc) is 3.55. The summed E-state index contributed by atoms with van der Waals surface area (Å²) in [6.07, 6.45) is 7.11. The Kier molecular flexibility index (Phi) is 9.85. The van der Waals surface area contributed by atoms with E-state index < -0.39 is 0 Å². The van der Waals surface area contributed by atoms with Crippen molar-refractivity contribution in [2.24, 2.45) is 0 Å². The van der Waals surface area contributed by atoms with E-state index in [0.717, 1.165) is 7.28 Å². The van der Waals surface area contributed by atoms with Crippen molar-refractivity contribution in [3.63, 3.8) is 0 Å². The maximum atomic E-state index is 4.22. The predicted molar refractivity (Wildman–Crippen MR) is 308 cm³/mol. The maximum absolute atomic E-state index is 4.22. The molecule has 5 aliphatic rings. The summed E-state index contributed by atoms with van der Waals surface area (Å²) < 4.78 is 0. The fraction of sp³-hybridized carbons (Fsp3) is 0.412. The molecule has 0 radical (unpaired) electrons. The zero-order valence-electron chi connectivity index (χ0n) is 45.8. The minimum atomic E-state index is -0.198. The number of rotatable bonds is 4. The van der Waals surface area contributed by atoms with Gasteiger partial charge in [0, 0.05) is 44.8 Å². The molecule has 0 fully saturated rings. The predicted octanol–water partition coefficient (Wildman–Crippen LogP) is 17.1. The fourth-order valence-corrected chi connectivity index (χ4v) is 14.6. The minimum Gasteiger partial charge on any atom is -0.355 e. The third kappa shape index (κ3) is 6.86. The summed E-state index contributed by atoms with van der Waals surface area (Å²) in [7, 11) is 0.844. The second-order valence-electron chi connectivity index (χ2n) is 27.5. The standard InChI is InChI=1S/C68H77BN2/c1-40-34-50-54(67(12,13)33-30-63(50,4)5)39-57(40)71-60-43-21-17-16-20-41(43)35-47(59(60)69-55-27-25-45-44-22-18-19-23-48(44)68(14,15)58(45)61(55)71)46-37-52-53(66(10,11)32-31-65(52,8)9)38-56(46)70-42-24-26-49-51(36-42)64(6,7)29-28-62(49,2)3/h16-27,34-39,69-70H,28-33H2,1-15H3. The molecule has 0 saturated heterocycles. The molecular weight excluding hydrogens is 856 g/mol. The van der Waals surface area contributed by atoms with Crippen LogP contribution in [0.25, 0.3) is 33.0 Å². The lowest BCUT2D eigenvalue weighted by Gasteiger charge is -2.45. The third-order valence-corrected chi connectivity index (χ3v) is 19.5. The number of hydrogen-bond acceptors (Lipinski definition) is 2. The van der Waals surface area contributed by atoms with E-state index in [9.17, 15) is 0 Å². The Morgan fingerprint density at radius 1 is 0.437 bits per heavy atom. The van der Waals surface area contributed by atoms with Crippen molar-refractivity contribution < 1.29 is 0 Å². The van der Waals surface area contributed by atoms with Gasteiger partial charge in [0.05, 0.1) is 0 Å². The van der Waals surface area contributed by atoms with Gasteiger partial charge in [0.2, 0.25) is 0 Å². The van der Waals surface area contributed by atoms with Crippen LogP contribution in [-0.2, 0) is 37.9 Å². The Bertz CT molecular complexity index is 3420. The lowest BCUT2D eigenvalue weighted by atomic mass is 9.56. The van der Waals surface area contributed by atoms with Gasteiger partial charge in [-0.3, -0.25) is 0 Å². The van der Waals surface area contributed by atoms with Gasteiger partial charge in [0.15, 0.2) is 7.28 Å². The lowest BCUT2D eigenvalue weighted by molar-refractivity contribution is 0.332. The van der Waals surface area contributed by atoms with Crippen molar-refractivity contribution in [2.45, 2.75) is 180 Å². The average molecular weight is 933 g/mol. The largest absolute Gasteiger partial charge is 0.355 e. The third-order valence-electron chi connectivity index (χ3n) is 19.5. The number of aryl methyl sites for hydroxylation is 1. The molecule has 1 N–H and O–H groups in total. The van der Waals surface area contributed by atoms with Crippen LogP contribution >= 0.6 is 0 Å². The van der Waals surface area contributed by atoms with E-state index >= 15 is 0 Å². The quantitative estimate of drug-likeness (QED) is 0.177. The molecule has 1 aliphatic heterocycles. The van der Waals surface area contributed by atoms with Crippen LogP contribution < -0.4 is 21.1 Å². The molecular formula is C68H77BN2. The van der Waals surface area contributed by atoms with Gasteiger partial charge in [0.1, 0.15) is 0 Å². The molecule has 0 atom stereocenters. The SMILES string of the molecule is Cc1cc2c(cc1N1c3c(ccc4c3C(C)(C)c3ccccc3-4)Bc3c(-c4cc5c(cc4Nc4ccc6c(c4)C(C)(C)CCC6(C)C)C(C)(C)CCC5(C)C)cc4ccccc4c31)C(C)(C)CCC2(C)C. The van der Waals surface area contributed by atoms with Crippen LogP contribution in [0.15, 0.2) is 109 Å². The number of fused-ring (bicyclic) bond motifs is 11. The molecule has 0 bridgehead atoms. The Labute approximate surface area is 427 Å². The van der Waals surface area contributed by atoms with Crippen LogP contribution in [0.2, 0.25) is 0 Å². The first-order valence-corrected chi connectivity index (χ1v) is 27.2. The van der Waals surface area contributed by atoms with Gasteiger partial charge in [-0.25, -0.2) is 0 Å². The number of hydrogen-bond donors (Lipinski definition) is 1. The van der Waals surface area contributed by atoms with E-state index in [1.54, 1.807) is 0 Å². The van der Waals surface area contributed by atoms with E-state index in [-0.39, 0.29) is 37.9 Å². The van der Waals surface area contributed by atoms with Crippen molar-refractivity contribution >= 4 is 57.4 Å². The molecule has 71 heavy (non-hydrogen) atoms. The summed E-state index contributed by atoms with van der Waals surface area (Å²) in [6.45, 7) is 37.0. The van der Waals surface area contributed by atoms with E-state index in [4.69, 9.17) is 0 Å². The van der Waals surface area contributed by atoms with Gasteiger partial charge in [-0.15, -0.1) is 0 Å². The number of nitrogens with zero attached hydrogens (tertiary/aromatic N) is 1. The van der Waals surface area contributed by atoms with Crippen molar-refractivity contribution in [1.29, 1.82) is 0 Å². The summed E-state index contributed by atoms with van der Waals surface area (Å²) in [6, 6.07) is 43.8. The smallest absolute Gasteiger partial charge is 0.198 e. The maximum Gasteiger partial charge on any atom is 0.198 e. The molecule has 0 saturated carbocycles. The first kappa shape index (κ1) is 46.5. The lowest BCUT2D eigenvalue weighted by Crippen LogP contribution is -2.43. The zero-order chi connectivity index (χ0) is 50.2. The van der Waals surface area contributed by atoms with Crippen molar-refractivity contribution in [2.75, 3.05) is 10.2 Å². The molecule has 2 nitrogen and oxygen atoms in total. The van der Waals surface area contributed by atoms with Gasteiger partial charge in [-0.2, -0.15) is 0 Å². The fourth-order valence-electron chi connectivity index (χ4n) is 14.6. The molecule has 0 amide bonds. The number of nitrogens with one attached hydrogen (secondary N) is 1. The monoisotopic (exact) mass is 933 g/mol. The zero-order valence-corrected chi connectivity index (χ0v) is 45.8. The Morgan fingerprint density at radius 2 is 0.986 bits per heavy atom. The van der Waals surface area contributed by atoms with Crippen molar-refractivity contribution in [3.8, 4) is 22.3 Å². The first-order valence-electron chi connectivity index (χ1n) is 27.2. The van der Waals surface area contributed by atoms with Crippen LogP contribution in [-0.4, -0.2) is 7.28 Å². The first-order chi connectivity index (χ1) is 33.3. The van der Waals surface area contributed by atoms with Crippen LogP contribution in [0.4, 0.5) is 28.4 Å². The van der Waals surface area contributed by atoms with Crippen molar-refractivity contribution in [1.82, 2.24) is 0 Å². The van der Waals surface area contributed by atoms with Crippen molar-refractivity contribution in [3.05, 3.63) is 159 Å². The summed E-state index contributed by atoms with van der Waals surface area (Å²) in [4.78, 5) is 2.80. The van der Waals surface area contributed by atoms with Gasteiger partial charge >= 0.3 is 0 Å². The summed E-state index contributed by atoms with van der Waals surface area (Å²) in [5.41, 5.74) is 28.1. The summed E-state index contributed by atoms with van der Waals surface area (Å²) >= 11 is 0. The molecule has 4 aliphatic carbocycles. The van der Waals surface area contributed by atoms with E-state index in [0.29, 0.717) is 0 Å². The highest BCUT2D eigenvalue weighted by Gasteiger charge is 2.45. The Hall–Kier alpha value is -5.54. The van der Waals surface area contributed by atoms with E-state index in [1.807, 2.05) is 0 Å². The topological polar surface area (TPSA) is 15.3 Å². The molecule has 3 heteroatoms. The van der Waals surface area contributed by atoms with Gasteiger partial charge in [-0.05, 0) is 192 Å². The molecule has 0 aromatic heterocycles. The normalized spacial score (nSPS) is 20.6. The molecule has 12 rings (SSSR count). The van der Waals surface area contributed by atoms with Gasteiger partial charge in [0.25, 0.3) is 0 Å². The summed E-state index contributed by atoms with van der Waals surface area (Å²) in [5, 5.41) is 6.81. The summed E-state index contributed by atoms with van der Waals surface area (Å²) in [5.74, 6) is 0. The molecule has 1 heterocycles. The minimum absolute atomic E-state index is 0.0388. The van der Waals surface area contributed by atoms with Crippen LogP contribution in [0.1, 0.15) is 186 Å². The van der Waals surface area contributed by atoms with E-state index in [2.05, 4.69) is 223 Å². The van der Waals surface area contributed by atoms with Gasteiger partial charge < -0.3 is 10.2 Å². The van der Waals surface area contributed by atoms with Crippen LogP contribution in [0.5, 0.6) is 0 Å². The second kappa shape index (κ2) is 15.0. The highest BCUT2D eigenvalue weighted by Crippen LogP contribution is 2.58. The van der Waals surface area contributed by atoms with Crippen LogP contribution in [0.3, 0.4) is 0 Å². The highest BCUT2D eigenvalue weighted by molar-refractivity contribution is 6.74. The van der Waals surface area contributed by atoms with Crippen LogP contribution in [0, 0.1) is 6.92 Å². The molecule has 362 valence electrons. The number of anilines is 5.